The Morgan fingerprint density at radius 2 is 1.77 bits per heavy atom. The lowest BCUT2D eigenvalue weighted by Crippen LogP contribution is -3.15. The molecule has 4 amide bonds. The third-order valence-electron chi connectivity index (χ3n) is 7.67. The summed E-state index contributed by atoms with van der Waals surface area (Å²) in [5.41, 5.74) is 5.35. The summed E-state index contributed by atoms with van der Waals surface area (Å²) >= 11 is 3.02. The van der Waals surface area contributed by atoms with Crippen molar-refractivity contribution in [3.05, 3.63) is 112 Å². The minimum absolute atomic E-state index is 0.107. The zero-order valence-electron chi connectivity index (χ0n) is 28.1. The van der Waals surface area contributed by atoms with Gasteiger partial charge in [0.25, 0.3) is 0 Å². The predicted octanol–water partition coefficient (Wildman–Crippen LogP) is 5.51. The number of thiazole rings is 1. The Morgan fingerprint density at radius 3 is 2.38 bits per heavy atom. The summed E-state index contributed by atoms with van der Waals surface area (Å²) < 4.78 is 5.64. The van der Waals surface area contributed by atoms with Gasteiger partial charge in [0, 0.05) is 50.3 Å². The summed E-state index contributed by atoms with van der Waals surface area (Å²) in [6.07, 6.45) is 3.51. The van der Waals surface area contributed by atoms with Crippen molar-refractivity contribution in [2.75, 3.05) is 25.9 Å². The lowest BCUT2D eigenvalue weighted by molar-refractivity contribution is -0.836. The fourth-order valence-electron chi connectivity index (χ4n) is 5.09. The van der Waals surface area contributed by atoms with Crippen LogP contribution in [0.15, 0.2) is 101 Å². The molecule has 1 aromatic heterocycles. The summed E-state index contributed by atoms with van der Waals surface area (Å²) in [6, 6.07) is 18.5. The van der Waals surface area contributed by atoms with Gasteiger partial charge in [0.05, 0.1) is 27.7 Å². The van der Waals surface area contributed by atoms with Crippen LogP contribution in [0.2, 0.25) is 0 Å². The highest BCUT2D eigenvalue weighted by Crippen LogP contribution is 2.25. The number of aliphatic imine (C=N–C) groups is 1. The van der Waals surface area contributed by atoms with Crippen LogP contribution in [0.3, 0.4) is 0 Å². The second kappa shape index (κ2) is 18.3. The van der Waals surface area contributed by atoms with Gasteiger partial charge in [-0.15, -0.1) is 11.3 Å². The van der Waals surface area contributed by atoms with Crippen LogP contribution in [0.5, 0.6) is 0 Å². The highest BCUT2D eigenvalue weighted by atomic mass is 32.2. The number of carbonyl (C=O) groups is 3. The van der Waals surface area contributed by atoms with E-state index in [2.05, 4.69) is 21.9 Å². The maximum atomic E-state index is 14.2. The molecule has 48 heavy (non-hydrogen) atoms. The van der Waals surface area contributed by atoms with E-state index in [9.17, 15) is 14.4 Å². The molecule has 2 N–H and O–H groups in total. The van der Waals surface area contributed by atoms with Crippen molar-refractivity contribution in [3.63, 3.8) is 0 Å². The van der Waals surface area contributed by atoms with Gasteiger partial charge in [-0.25, -0.2) is 19.4 Å². The van der Waals surface area contributed by atoms with Crippen molar-refractivity contribution >= 4 is 46.2 Å². The third-order valence-corrected chi connectivity index (χ3v) is 9.58. The van der Waals surface area contributed by atoms with Crippen molar-refractivity contribution in [3.8, 4) is 0 Å². The number of carbonyl (C=O) groups excluding carboxylic acids is 3. The van der Waals surface area contributed by atoms with Gasteiger partial charge >= 0.3 is 18.0 Å². The molecule has 2 aromatic carbocycles. The SMILES string of the molecule is C=C(C)C1=N/C(=C\N(C)C(=O)NC(C(=O)[NH+](CCCN(Cc2ccccc2)C(=O)OCc2cncs2)Cc2ccccc2)C(C)C)CS1. The summed E-state index contributed by atoms with van der Waals surface area (Å²) in [5, 5.41) is 3.84. The molecular weight excluding hydrogens is 645 g/mol. The highest BCUT2D eigenvalue weighted by Gasteiger charge is 2.34. The molecule has 2 heterocycles. The van der Waals surface area contributed by atoms with E-state index in [1.807, 2.05) is 81.4 Å². The van der Waals surface area contributed by atoms with Crippen molar-refractivity contribution in [1.29, 1.82) is 0 Å². The van der Waals surface area contributed by atoms with Gasteiger partial charge in [-0.1, -0.05) is 92.9 Å². The quantitative estimate of drug-likeness (QED) is 0.218. The lowest BCUT2D eigenvalue weighted by Gasteiger charge is -2.28. The van der Waals surface area contributed by atoms with Gasteiger partial charge in [0.2, 0.25) is 0 Å². The number of nitrogens with one attached hydrogen (secondary N) is 2. The number of nitrogens with zero attached hydrogens (tertiary/aromatic N) is 4. The van der Waals surface area contributed by atoms with Gasteiger partial charge in [0.1, 0.15) is 19.2 Å². The Bertz CT molecular complexity index is 1580. The number of hydrogen-bond acceptors (Lipinski definition) is 8. The van der Waals surface area contributed by atoms with Gasteiger partial charge in [-0.3, -0.25) is 9.88 Å². The molecule has 2 unspecified atom stereocenters. The minimum atomic E-state index is -0.728. The molecule has 0 radical (unpaired) electrons. The first-order valence-electron chi connectivity index (χ1n) is 16.0. The first-order valence-corrected chi connectivity index (χ1v) is 17.8. The Morgan fingerprint density at radius 1 is 1.08 bits per heavy atom. The topological polar surface area (TPSA) is 109 Å². The molecule has 0 saturated carbocycles. The maximum absolute atomic E-state index is 14.2. The molecule has 1 aliphatic heterocycles. The van der Waals surface area contributed by atoms with Crippen molar-refractivity contribution in [1.82, 2.24) is 20.1 Å². The van der Waals surface area contributed by atoms with Gasteiger partial charge < -0.3 is 19.9 Å². The Labute approximate surface area is 291 Å². The van der Waals surface area contributed by atoms with E-state index < -0.39 is 12.1 Å². The third kappa shape index (κ3) is 11.2. The van der Waals surface area contributed by atoms with Crippen LogP contribution in [0.25, 0.3) is 0 Å². The predicted molar refractivity (Wildman–Crippen MR) is 192 cm³/mol. The zero-order valence-corrected chi connectivity index (χ0v) is 29.7. The molecule has 2 atom stereocenters. The molecule has 10 nitrogen and oxygen atoms in total. The first-order chi connectivity index (χ1) is 23.1. The smallest absolute Gasteiger partial charge is 0.410 e. The second-order valence-electron chi connectivity index (χ2n) is 12.1. The van der Waals surface area contributed by atoms with Gasteiger partial charge in [0.15, 0.2) is 0 Å². The Hall–Kier alpha value is -4.26. The van der Waals surface area contributed by atoms with E-state index in [1.165, 1.54) is 16.2 Å². The van der Waals surface area contributed by atoms with E-state index >= 15 is 0 Å². The Balaban J connectivity index is 1.46. The maximum Gasteiger partial charge on any atom is 0.410 e. The number of hydrogen-bond donors (Lipinski definition) is 2. The largest absolute Gasteiger partial charge is 0.444 e. The van der Waals surface area contributed by atoms with Crippen LogP contribution in [-0.2, 0) is 29.2 Å². The van der Waals surface area contributed by atoms with Crippen molar-refractivity contribution in [2.24, 2.45) is 10.9 Å². The number of benzene rings is 2. The monoisotopic (exact) mass is 689 g/mol. The minimum Gasteiger partial charge on any atom is -0.444 e. The van der Waals surface area contributed by atoms with Gasteiger partial charge in [-0.2, -0.15) is 0 Å². The average molecular weight is 690 g/mol. The number of ether oxygens (including phenoxy) is 1. The van der Waals surface area contributed by atoms with Gasteiger partial charge in [-0.05, 0) is 24.0 Å². The van der Waals surface area contributed by atoms with E-state index in [0.717, 1.165) is 32.3 Å². The highest BCUT2D eigenvalue weighted by molar-refractivity contribution is 8.14. The summed E-state index contributed by atoms with van der Waals surface area (Å²) in [6.45, 7) is 11.5. The summed E-state index contributed by atoms with van der Waals surface area (Å²) in [4.78, 5) is 54.1. The molecule has 0 fully saturated rings. The Kier molecular flexibility index (Phi) is 14.0. The fourth-order valence-corrected chi connectivity index (χ4v) is 6.45. The number of quaternary nitrogens is 1. The standard InChI is InChI=1S/C36H44N6O4S2/c1-26(2)32(39-35(44)40(5)22-30-24-47-33(38-30)27(3)4)34(43)41(20-28-13-8-6-9-14-28)17-12-18-42(21-29-15-10-7-11-16-29)36(45)46-23-31-19-37-25-48-31/h6-11,13-16,19,22,25-26,32H,3,12,17-18,20-21,23-24H2,1-2,4-5H3,(H,39,44)/p+1/b30-22-. The molecular formula is C36H45N6O4S2+. The van der Waals surface area contributed by atoms with Crippen LogP contribution in [-0.4, -0.2) is 69.8 Å². The van der Waals surface area contributed by atoms with Crippen LogP contribution in [0.4, 0.5) is 9.59 Å². The molecule has 0 aliphatic carbocycles. The summed E-state index contributed by atoms with van der Waals surface area (Å²) in [5.74, 6) is 0.394. The fraction of sp³-hybridized carbons (Fsp3) is 0.361. The molecule has 0 saturated heterocycles. The van der Waals surface area contributed by atoms with E-state index in [1.54, 1.807) is 41.6 Å². The molecule has 12 heteroatoms. The van der Waals surface area contributed by atoms with Crippen LogP contribution < -0.4 is 10.2 Å². The van der Waals surface area contributed by atoms with Crippen molar-refractivity contribution in [2.45, 2.75) is 52.9 Å². The van der Waals surface area contributed by atoms with Crippen molar-refractivity contribution < 1.29 is 24.0 Å². The molecule has 0 spiro atoms. The van der Waals surface area contributed by atoms with Crippen LogP contribution in [0.1, 0.15) is 43.2 Å². The molecule has 254 valence electrons. The number of thioether (sulfide) groups is 1. The first kappa shape index (κ1) is 36.6. The number of aromatic nitrogens is 1. The second-order valence-corrected chi connectivity index (χ2v) is 14.0. The number of amides is 4. The lowest BCUT2D eigenvalue weighted by atomic mass is 10.0. The van der Waals surface area contributed by atoms with Crippen LogP contribution >= 0.6 is 23.1 Å². The normalized spacial score (nSPS) is 14.7. The average Bonchev–Trinajstić information content (AvgIpc) is 3.78. The van der Waals surface area contributed by atoms with Crippen LogP contribution in [0, 0.1) is 5.92 Å². The molecule has 0 bridgehead atoms. The summed E-state index contributed by atoms with van der Waals surface area (Å²) in [7, 11) is 1.66. The molecule has 1 aliphatic rings. The zero-order chi connectivity index (χ0) is 34.5. The van der Waals surface area contributed by atoms with E-state index in [0.29, 0.717) is 43.3 Å². The van der Waals surface area contributed by atoms with E-state index in [4.69, 9.17) is 4.74 Å². The number of rotatable bonds is 15. The molecule has 3 aromatic rings. The van der Waals surface area contributed by atoms with E-state index in [-0.39, 0.29) is 24.5 Å². The molecule has 4 rings (SSSR count). The number of urea groups is 1.